The van der Waals surface area contributed by atoms with Crippen LogP contribution in [-0.2, 0) is 5.75 Å². The summed E-state index contributed by atoms with van der Waals surface area (Å²) in [6.07, 6.45) is 0. The molecule has 2 rings (SSSR count). The third kappa shape index (κ3) is 5.10. The molecule has 21 heavy (non-hydrogen) atoms. The summed E-state index contributed by atoms with van der Waals surface area (Å²) in [5.41, 5.74) is -0.0401. The van der Waals surface area contributed by atoms with Crippen LogP contribution in [0.15, 0.2) is 32.8 Å². The van der Waals surface area contributed by atoms with Gasteiger partial charge in [0.15, 0.2) is 5.03 Å². The van der Waals surface area contributed by atoms with E-state index in [1.54, 1.807) is 17.8 Å². The summed E-state index contributed by atoms with van der Waals surface area (Å²) >= 11 is 14.9. The van der Waals surface area contributed by atoms with Gasteiger partial charge < -0.3 is 0 Å². The van der Waals surface area contributed by atoms with E-state index in [1.165, 1.54) is 11.8 Å². The fourth-order valence-electron chi connectivity index (χ4n) is 1.45. The molecule has 0 saturated heterocycles. The molecule has 0 atom stereocenters. The van der Waals surface area contributed by atoms with Gasteiger partial charge >= 0.3 is 5.69 Å². The van der Waals surface area contributed by atoms with E-state index in [-0.39, 0.29) is 5.03 Å². The Balaban J connectivity index is 1.77. The Labute approximate surface area is 138 Å². The minimum absolute atomic E-state index is 0.264. The standard InChI is InChI=1S/C12H11Cl2N3O2S2/c13-8-2-1-7(9(14)5-8)6-20-3-4-21-11-10(18)15-12(19)17-16-11/h1-2,5H,3-4,6H2,(H2,15,17,18,19). The van der Waals surface area contributed by atoms with Gasteiger partial charge in [-0.2, -0.15) is 16.9 Å². The van der Waals surface area contributed by atoms with Crippen LogP contribution in [0.1, 0.15) is 5.56 Å². The van der Waals surface area contributed by atoms with Gasteiger partial charge in [-0.3, -0.25) is 9.78 Å². The number of hydrogen-bond acceptors (Lipinski definition) is 5. The molecule has 0 bridgehead atoms. The normalized spacial score (nSPS) is 10.8. The van der Waals surface area contributed by atoms with Crippen molar-refractivity contribution in [1.82, 2.24) is 15.2 Å². The van der Waals surface area contributed by atoms with E-state index < -0.39 is 11.2 Å². The number of rotatable bonds is 6. The lowest BCUT2D eigenvalue weighted by atomic mass is 10.2. The Morgan fingerprint density at radius 3 is 2.71 bits per heavy atom. The van der Waals surface area contributed by atoms with Crippen molar-refractivity contribution < 1.29 is 0 Å². The van der Waals surface area contributed by atoms with Crippen molar-refractivity contribution in [3.63, 3.8) is 0 Å². The van der Waals surface area contributed by atoms with Crippen molar-refractivity contribution in [1.29, 1.82) is 0 Å². The van der Waals surface area contributed by atoms with Gasteiger partial charge in [-0.25, -0.2) is 9.89 Å². The lowest BCUT2D eigenvalue weighted by Gasteiger charge is -2.04. The molecule has 5 nitrogen and oxygen atoms in total. The number of hydrogen-bond donors (Lipinski definition) is 2. The molecule has 2 aromatic rings. The van der Waals surface area contributed by atoms with Crippen LogP contribution in [0.2, 0.25) is 10.0 Å². The first-order chi connectivity index (χ1) is 10.1. The summed E-state index contributed by atoms with van der Waals surface area (Å²) in [5, 5.41) is 7.43. The third-order valence-electron chi connectivity index (χ3n) is 2.42. The summed E-state index contributed by atoms with van der Waals surface area (Å²) in [6.45, 7) is 0. The first-order valence-corrected chi connectivity index (χ1v) is 8.79. The minimum Gasteiger partial charge on any atom is -0.271 e. The van der Waals surface area contributed by atoms with Gasteiger partial charge in [0.25, 0.3) is 5.56 Å². The van der Waals surface area contributed by atoms with Gasteiger partial charge in [-0.15, -0.1) is 0 Å². The highest BCUT2D eigenvalue weighted by atomic mass is 35.5. The fourth-order valence-corrected chi connectivity index (χ4v) is 3.91. The lowest BCUT2D eigenvalue weighted by Crippen LogP contribution is -2.25. The molecule has 2 N–H and O–H groups in total. The Kier molecular flexibility index (Phi) is 6.22. The minimum atomic E-state index is -0.601. The van der Waals surface area contributed by atoms with E-state index in [0.717, 1.165) is 17.1 Å². The van der Waals surface area contributed by atoms with Crippen molar-refractivity contribution in [3.8, 4) is 0 Å². The number of nitrogens with one attached hydrogen (secondary N) is 2. The van der Waals surface area contributed by atoms with E-state index in [1.807, 2.05) is 12.1 Å². The monoisotopic (exact) mass is 363 g/mol. The molecule has 0 amide bonds. The van der Waals surface area contributed by atoms with Crippen LogP contribution >= 0.6 is 46.7 Å². The predicted octanol–water partition coefficient (Wildman–Crippen LogP) is 2.79. The summed E-state index contributed by atoms with van der Waals surface area (Å²) in [4.78, 5) is 24.4. The highest BCUT2D eigenvalue weighted by Crippen LogP contribution is 2.25. The Morgan fingerprint density at radius 1 is 1.19 bits per heavy atom. The average Bonchev–Trinajstić information content (AvgIpc) is 2.42. The van der Waals surface area contributed by atoms with Crippen LogP contribution in [0.4, 0.5) is 0 Å². The number of thioether (sulfide) groups is 2. The number of halogens is 2. The van der Waals surface area contributed by atoms with E-state index in [2.05, 4.69) is 15.2 Å². The van der Waals surface area contributed by atoms with Gasteiger partial charge in [-0.05, 0) is 17.7 Å². The zero-order valence-corrected chi connectivity index (χ0v) is 13.8. The molecular formula is C12H11Cl2N3O2S2. The van der Waals surface area contributed by atoms with E-state index in [9.17, 15) is 9.59 Å². The predicted molar refractivity (Wildman–Crippen MR) is 88.8 cm³/mol. The largest absolute Gasteiger partial charge is 0.342 e. The summed E-state index contributed by atoms with van der Waals surface area (Å²) < 4.78 is 0. The number of nitrogens with zero attached hydrogens (tertiary/aromatic N) is 1. The molecule has 9 heteroatoms. The highest BCUT2D eigenvalue weighted by molar-refractivity contribution is 8.02. The van der Waals surface area contributed by atoms with Crippen LogP contribution in [0, 0.1) is 0 Å². The Hall–Kier alpha value is -0.890. The van der Waals surface area contributed by atoms with Gasteiger partial charge in [-0.1, -0.05) is 41.0 Å². The third-order valence-corrected chi connectivity index (χ3v) is 5.23. The van der Waals surface area contributed by atoms with Crippen molar-refractivity contribution >= 4 is 46.7 Å². The number of aromatic nitrogens is 3. The SMILES string of the molecule is O=c1[nH]nc(SCCSCc2ccc(Cl)cc2Cl)c(=O)[nH]1. The average molecular weight is 364 g/mol. The molecule has 1 heterocycles. The Bertz CT molecular complexity index is 733. The quantitative estimate of drug-likeness (QED) is 0.609. The van der Waals surface area contributed by atoms with Crippen molar-refractivity contribution in [2.24, 2.45) is 0 Å². The molecule has 0 spiro atoms. The second-order valence-electron chi connectivity index (χ2n) is 3.95. The van der Waals surface area contributed by atoms with Crippen molar-refractivity contribution in [3.05, 3.63) is 54.6 Å². The maximum atomic E-state index is 11.4. The Morgan fingerprint density at radius 2 is 2.00 bits per heavy atom. The zero-order valence-electron chi connectivity index (χ0n) is 10.7. The summed E-state index contributed by atoms with van der Waals surface area (Å²) in [6, 6.07) is 5.43. The van der Waals surface area contributed by atoms with Gasteiger partial charge in [0, 0.05) is 27.3 Å². The summed E-state index contributed by atoms with van der Waals surface area (Å²) in [5.74, 6) is 2.30. The van der Waals surface area contributed by atoms with E-state index in [0.29, 0.717) is 15.8 Å². The highest BCUT2D eigenvalue weighted by Gasteiger charge is 2.04. The van der Waals surface area contributed by atoms with Crippen LogP contribution in [0.5, 0.6) is 0 Å². The molecular weight excluding hydrogens is 353 g/mol. The van der Waals surface area contributed by atoms with Gasteiger partial charge in [0.05, 0.1) is 0 Å². The smallest absolute Gasteiger partial charge is 0.271 e. The fraction of sp³-hybridized carbons (Fsp3) is 0.250. The molecule has 0 fully saturated rings. The number of aromatic amines is 2. The summed E-state index contributed by atoms with van der Waals surface area (Å²) in [7, 11) is 0. The molecule has 1 aromatic carbocycles. The molecule has 0 aliphatic rings. The van der Waals surface area contributed by atoms with Crippen LogP contribution in [0.25, 0.3) is 0 Å². The van der Waals surface area contributed by atoms with Crippen LogP contribution in [-0.4, -0.2) is 26.7 Å². The van der Waals surface area contributed by atoms with Gasteiger partial charge in [0.1, 0.15) is 0 Å². The molecule has 1 aromatic heterocycles. The topological polar surface area (TPSA) is 78.6 Å². The van der Waals surface area contributed by atoms with E-state index in [4.69, 9.17) is 23.2 Å². The van der Waals surface area contributed by atoms with Gasteiger partial charge in [0.2, 0.25) is 0 Å². The molecule has 112 valence electrons. The lowest BCUT2D eigenvalue weighted by molar-refractivity contribution is 0.807. The maximum Gasteiger partial charge on any atom is 0.342 e. The molecule has 0 aliphatic carbocycles. The first kappa shape index (κ1) is 16.5. The molecule has 0 unspecified atom stereocenters. The van der Waals surface area contributed by atoms with Crippen molar-refractivity contribution in [2.75, 3.05) is 11.5 Å². The molecule has 0 aliphatic heterocycles. The van der Waals surface area contributed by atoms with E-state index >= 15 is 0 Å². The maximum absolute atomic E-state index is 11.4. The second kappa shape index (κ2) is 7.93. The van der Waals surface area contributed by atoms with Crippen LogP contribution < -0.4 is 11.2 Å². The molecule has 0 saturated carbocycles. The van der Waals surface area contributed by atoms with Crippen molar-refractivity contribution in [2.45, 2.75) is 10.8 Å². The second-order valence-corrected chi connectivity index (χ2v) is 6.98. The zero-order chi connectivity index (χ0) is 15.2. The first-order valence-electron chi connectivity index (χ1n) is 5.90. The molecule has 0 radical (unpaired) electrons. The number of benzene rings is 1. The van der Waals surface area contributed by atoms with Crippen LogP contribution in [0.3, 0.4) is 0 Å². The number of H-pyrrole nitrogens is 2.